The molecule has 1 aliphatic heterocycles. The van der Waals surface area contributed by atoms with Crippen molar-refractivity contribution < 1.29 is 9.53 Å². The van der Waals surface area contributed by atoms with E-state index in [2.05, 4.69) is 15.2 Å². The summed E-state index contributed by atoms with van der Waals surface area (Å²) < 4.78 is 5.18. The van der Waals surface area contributed by atoms with Crippen LogP contribution in [-0.2, 0) is 9.53 Å². The topological polar surface area (TPSA) is 63.9 Å². The molecule has 2 aromatic rings. The number of pyridine rings is 1. The molecule has 0 bridgehead atoms. The van der Waals surface area contributed by atoms with Gasteiger partial charge in [0.05, 0.1) is 19.2 Å². The van der Waals surface area contributed by atoms with Gasteiger partial charge in [0.2, 0.25) is 0 Å². The predicted octanol–water partition coefficient (Wildman–Crippen LogP) is 2.58. The number of amides is 1. The van der Waals surface area contributed by atoms with E-state index in [0.29, 0.717) is 6.54 Å². The number of hydrogen-bond donors (Lipinski definition) is 0. The Bertz CT molecular complexity index is 714. The molecule has 1 amide bonds. The van der Waals surface area contributed by atoms with Crippen LogP contribution in [0.4, 0.5) is 0 Å². The zero-order valence-corrected chi connectivity index (χ0v) is 10.3. The van der Waals surface area contributed by atoms with E-state index in [0.717, 1.165) is 22.0 Å². The molecule has 1 aromatic heterocycles. The van der Waals surface area contributed by atoms with Crippen molar-refractivity contribution >= 4 is 22.4 Å². The third-order valence-corrected chi connectivity index (χ3v) is 3.04. The number of rotatable bonds is 2. The van der Waals surface area contributed by atoms with Crippen LogP contribution >= 0.6 is 0 Å². The zero-order chi connectivity index (χ0) is 13.2. The van der Waals surface area contributed by atoms with Gasteiger partial charge in [0.1, 0.15) is 0 Å². The van der Waals surface area contributed by atoms with Gasteiger partial charge in [-0.1, -0.05) is 18.2 Å². The quantitative estimate of drug-likeness (QED) is 0.826. The maximum absolute atomic E-state index is 11.7. The molecule has 5 nitrogen and oxygen atoms in total. The lowest BCUT2D eigenvalue weighted by Gasteiger charge is -2.14. The van der Waals surface area contributed by atoms with Gasteiger partial charge in [0, 0.05) is 17.2 Å². The summed E-state index contributed by atoms with van der Waals surface area (Å²) in [5.41, 5.74) is 2.54. The fourth-order valence-electron chi connectivity index (χ4n) is 2.19. The highest BCUT2D eigenvalue weighted by molar-refractivity contribution is 6.04. The number of carbonyl (C=O) groups excluding carboxylic acids is 1. The first kappa shape index (κ1) is 11.5. The molecule has 0 spiro atoms. The van der Waals surface area contributed by atoms with Crippen molar-refractivity contribution in [1.29, 1.82) is 0 Å². The van der Waals surface area contributed by atoms with Gasteiger partial charge in [-0.05, 0) is 17.7 Å². The first-order chi connectivity index (χ1) is 9.31. The molecule has 3 rings (SSSR count). The second-order valence-corrected chi connectivity index (χ2v) is 4.09. The molecule has 0 fully saturated rings. The van der Waals surface area contributed by atoms with Crippen molar-refractivity contribution in [3.8, 4) is 0 Å². The number of hydrogen-bond acceptors (Lipinski definition) is 4. The summed E-state index contributed by atoms with van der Waals surface area (Å²) in [7, 11) is 1.47. The molecule has 19 heavy (non-hydrogen) atoms. The number of benzene rings is 1. The standard InChI is InChI=1S/C14H11N3O2/c1-19-13-11(8-16-17-14(13)18)9-6-7-15-12-5-3-2-4-10(9)12/h2-7H,8H2,1H3. The lowest BCUT2D eigenvalue weighted by Crippen LogP contribution is -2.11. The van der Waals surface area contributed by atoms with Crippen LogP contribution in [0.3, 0.4) is 0 Å². The van der Waals surface area contributed by atoms with E-state index in [9.17, 15) is 4.79 Å². The van der Waals surface area contributed by atoms with Crippen molar-refractivity contribution in [3.63, 3.8) is 0 Å². The van der Waals surface area contributed by atoms with Crippen molar-refractivity contribution in [2.75, 3.05) is 13.7 Å². The summed E-state index contributed by atoms with van der Waals surface area (Å²) in [5.74, 6) is -0.184. The monoisotopic (exact) mass is 253 g/mol. The summed E-state index contributed by atoms with van der Waals surface area (Å²) >= 11 is 0. The van der Waals surface area contributed by atoms with Crippen LogP contribution in [0.15, 0.2) is 52.5 Å². The van der Waals surface area contributed by atoms with Crippen molar-refractivity contribution in [2.45, 2.75) is 0 Å². The van der Waals surface area contributed by atoms with Gasteiger partial charge in [0.25, 0.3) is 0 Å². The Hall–Kier alpha value is -2.56. The highest BCUT2D eigenvalue weighted by Crippen LogP contribution is 2.29. The number of nitrogens with zero attached hydrogens (tertiary/aromatic N) is 3. The molecule has 1 aliphatic rings. The van der Waals surface area contributed by atoms with Crippen LogP contribution < -0.4 is 0 Å². The molecular weight excluding hydrogens is 242 g/mol. The van der Waals surface area contributed by atoms with Crippen molar-refractivity contribution in [1.82, 2.24) is 4.98 Å². The van der Waals surface area contributed by atoms with Gasteiger partial charge in [-0.25, -0.2) is 0 Å². The molecule has 0 N–H and O–H groups in total. The minimum Gasteiger partial charge on any atom is -0.491 e. The van der Waals surface area contributed by atoms with Crippen LogP contribution in [-0.4, -0.2) is 24.5 Å². The highest BCUT2D eigenvalue weighted by atomic mass is 16.5. The molecule has 2 heterocycles. The molecule has 0 saturated carbocycles. The predicted molar refractivity (Wildman–Crippen MR) is 70.4 cm³/mol. The second kappa shape index (κ2) is 4.61. The Kier molecular flexibility index (Phi) is 2.79. The van der Waals surface area contributed by atoms with E-state index >= 15 is 0 Å². The van der Waals surface area contributed by atoms with E-state index < -0.39 is 5.91 Å². The largest absolute Gasteiger partial charge is 0.491 e. The SMILES string of the molecule is COC1=C(c2ccnc3ccccc23)CN=NC1=O. The summed E-state index contributed by atoms with van der Waals surface area (Å²) in [4.78, 5) is 16.0. The molecule has 5 heteroatoms. The van der Waals surface area contributed by atoms with Crippen molar-refractivity contribution in [2.24, 2.45) is 10.2 Å². The first-order valence-electron chi connectivity index (χ1n) is 5.84. The number of carbonyl (C=O) groups is 1. The molecule has 0 radical (unpaired) electrons. The number of methoxy groups -OCH3 is 1. The van der Waals surface area contributed by atoms with Gasteiger partial charge in [-0.15, -0.1) is 5.11 Å². The molecular formula is C14H11N3O2. The zero-order valence-electron chi connectivity index (χ0n) is 10.3. The average Bonchev–Trinajstić information content (AvgIpc) is 2.46. The Balaban J connectivity index is 2.27. The average molecular weight is 253 g/mol. The maximum atomic E-state index is 11.7. The number of fused-ring (bicyclic) bond motifs is 1. The fourth-order valence-corrected chi connectivity index (χ4v) is 2.19. The van der Waals surface area contributed by atoms with Gasteiger partial charge in [-0.2, -0.15) is 5.11 Å². The van der Waals surface area contributed by atoms with Gasteiger partial charge < -0.3 is 4.74 Å². The van der Waals surface area contributed by atoms with E-state index in [4.69, 9.17) is 4.74 Å². The fraction of sp³-hybridized carbons (Fsp3) is 0.143. The van der Waals surface area contributed by atoms with E-state index in [1.807, 2.05) is 30.3 Å². The molecule has 0 aliphatic carbocycles. The van der Waals surface area contributed by atoms with E-state index in [-0.39, 0.29) is 5.76 Å². The number of aromatic nitrogens is 1. The molecule has 94 valence electrons. The molecule has 1 aromatic carbocycles. The first-order valence-corrected chi connectivity index (χ1v) is 5.84. The van der Waals surface area contributed by atoms with Crippen molar-refractivity contribution in [3.05, 3.63) is 47.9 Å². The Morgan fingerprint density at radius 3 is 2.89 bits per heavy atom. The van der Waals surface area contributed by atoms with E-state index in [1.165, 1.54) is 7.11 Å². The van der Waals surface area contributed by atoms with Crippen LogP contribution in [0.5, 0.6) is 0 Å². The van der Waals surface area contributed by atoms with E-state index in [1.54, 1.807) is 6.20 Å². The van der Waals surface area contributed by atoms with Gasteiger partial charge >= 0.3 is 5.91 Å². The lowest BCUT2D eigenvalue weighted by molar-refractivity contribution is -0.117. The maximum Gasteiger partial charge on any atom is 0.330 e. The molecule has 0 saturated heterocycles. The van der Waals surface area contributed by atoms with Gasteiger partial charge in [-0.3, -0.25) is 9.78 Å². The minimum atomic E-state index is -0.440. The summed E-state index contributed by atoms with van der Waals surface area (Å²) in [5, 5.41) is 8.34. The molecule has 0 atom stereocenters. The highest BCUT2D eigenvalue weighted by Gasteiger charge is 2.22. The number of azo groups is 1. The Labute approximate surface area is 109 Å². The summed E-state index contributed by atoms with van der Waals surface area (Å²) in [6.45, 7) is 0.336. The summed E-state index contributed by atoms with van der Waals surface area (Å²) in [6, 6.07) is 9.63. The lowest BCUT2D eigenvalue weighted by atomic mass is 9.99. The van der Waals surface area contributed by atoms with Crippen LogP contribution in [0, 0.1) is 0 Å². The second-order valence-electron chi connectivity index (χ2n) is 4.09. The Morgan fingerprint density at radius 2 is 2.05 bits per heavy atom. The third-order valence-electron chi connectivity index (χ3n) is 3.04. The number of ether oxygens (including phenoxy) is 1. The Morgan fingerprint density at radius 1 is 1.21 bits per heavy atom. The number of para-hydroxylation sites is 1. The third kappa shape index (κ3) is 1.89. The summed E-state index contributed by atoms with van der Waals surface area (Å²) in [6.07, 6.45) is 1.72. The minimum absolute atomic E-state index is 0.256. The van der Waals surface area contributed by atoms with Crippen LogP contribution in [0.2, 0.25) is 0 Å². The van der Waals surface area contributed by atoms with Crippen LogP contribution in [0.25, 0.3) is 16.5 Å². The van der Waals surface area contributed by atoms with Crippen LogP contribution in [0.1, 0.15) is 5.56 Å². The smallest absolute Gasteiger partial charge is 0.330 e. The molecule has 0 unspecified atom stereocenters. The van der Waals surface area contributed by atoms with Gasteiger partial charge in [0.15, 0.2) is 5.76 Å². The normalized spacial score (nSPS) is 15.1.